The number of hydrogen-bond acceptors (Lipinski definition) is 4. The highest BCUT2D eigenvalue weighted by Crippen LogP contribution is 2.27. The molecule has 25 heavy (non-hydrogen) atoms. The fourth-order valence-electron chi connectivity index (χ4n) is 3.01. The first-order chi connectivity index (χ1) is 12.3. The van der Waals surface area contributed by atoms with Crippen molar-refractivity contribution in [3.05, 3.63) is 72.6 Å². The van der Waals surface area contributed by atoms with Crippen LogP contribution in [0.2, 0.25) is 0 Å². The largest absolute Gasteiger partial charge is 0.322 e. The van der Waals surface area contributed by atoms with Gasteiger partial charge in [-0.05, 0) is 17.5 Å². The lowest BCUT2D eigenvalue weighted by atomic mass is 10.1. The van der Waals surface area contributed by atoms with Crippen LogP contribution in [0.4, 0.5) is 0 Å². The Hall–Kier alpha value is -3.67. The molecule has 4 aromatic rings. The maximum absolute atomic E-state index is 12.4. The minimum atomic E-state index is -0.274. The summed E-state index contributed by atoms with van der Waals surface area (Å²) in [6.45, 7) is 0. The summed E-state index contributed by atoms with van der Waals surface area (Å²) in [5.74, 6) is 5.57. The van der Waals surface area contributed by atoms with Gasteiger partial charge in [0.25, 0.3) is 5.91 Å². The third kappa shape index (κ3) is 2.49. The zero-order valence-electron chi connectivity index (χ0n) is 13.3. The average Bonchev–Trinajstić information content (AvgIpc) is 3.05. The number of fused-ring (bicyclic) bond motifs is 2. The summed E-state index contributed by atoms with van der Waals surface area (Å²) in [5.41, 5.74) is 1.44. The lowest BCUT2D eigenvalue weighted by molar-refractivity contribution is 0.0980. The van der Waals surface area contributed by atoms with Gasteiger partial charge in [-0.1, -0.05) is 42.5 Å². The highest BCUT2D eigenvalue weighted by atomic mass is 16.1. The Kier molecular flexibility index (Phi) is 3.63. The zero-order chi connectivity index (χ0) is 17.2. The minimum absolute atomic E-state index is 0.274. The number of pyridine rings is 1. The van der Waals surface area contributed by atoms with Crippen molar-refractivity contribution in [1.82, 2.24) is 14.9 Å². The molecule has 4 rings (SSSR count). The van der Waals surface area contributed by atoms with Crippen LogP contribution in [0.1, 0.15) is 10.4 Å². The summed E-state index contributed by atoms with van der Waals surface area (Å²) in [6.07, 6.45) is 4.73. The Morgan fingerprint density at radius 2 is 1.84 bits per heavy atom. The van der Waals surface area contributed by atoms with Crippen molar-refractivity contribution in [2.45, 2.75) is 0 Å². The van der Waals surface area contributed by atoms with Crippen LogP contribution in [-0.4, -0.2) is 21.8 Å². The number of amides is 1. The van der Waals surface area contributed by atoms with Gasteiger partial charge in [0.1, 0.15) is 12.2 Å². The number of hydrogen-bond donors (Lipinski definition) is 2. The summed E-state index contributed by atoms with van der Waals surface area (Å²) < 4.78 is 1.94. The second-order valence-electron chi connectivity index (χ2n) is 5.54. The maximum atomic E-state index is 12.4. The van der Waals surface area contributed by atoms with E-state index in [0.717, 1.165) is 27.5 Å². The lowest BCUT2D eigenvalue weighted by Crippen LogP contribution is -2.21. The van der Waals surface area contributed by atoms with Gasteiger partial charge >= 0.3 is 0 Å². The van der Waals surface area contributed by atoms with Crippen molar-refractivity contribution < 1.29 is 4.79 Å². The number of carbonyl (C=O) groups excluding carboxylic acids is 1. The van der Waals surface area contributed by atoms with Gasteiger partial charge < -0.3 is 11.2 Å². The van der Waals surface area contributed by atoms with Gasteiger partial charge in [-0.2, -0.15) is 5.10 Å². The van der Waals surface area contributed by atoms with Crippen LogP contribution < -0.4 is 11.2 Å². The van der Waals surface area contributed by atoms with Crippen molar-refractivity contribution in [2.24, 2.45) is 10.9 Å². The number of rotatable bonds is 3. The average molecular weight is 329 g/mol. The molecule has 0 spiro atoms. The Bertz CT molecular complexity index is 1110. The van der Waals surface area contributed by atoms with Gasteiger partial charge in [-0.25, -0.2) is 4.98 Å². The molecule has 0 aliphatic rings. The van der Waals surface area contributed by atoms with Crippen molar-refractivity contribution >= 4 is 33.9 Å². The lowest BCUT2D eigenvalue weighted by Gasteiger charge is -2.08. The molecule has 0 atom stereocenters. The van der Waals surface area contributed by atoms with Crippen LogP contribution in [0.3, 0.4) is 0 Å². The molecule has 0 saturated carbocycles. The number of aromatic nitrogens is 2. The molecular weight excluding hydrogens is 314 g/mol. The van der Waals surface area contributed by atoms with Crippen molar-refractivity contribution in [2.75, 3.05) is 0 Å². The van der Waals surface area contributed by atoms with Gasteiger partial charge in [0, 0.05) is 23.2 Å². The van der Waals surface area contributed by atoms with Gasteiger partial charge in [-0.15, -0.1) is 0 Å². The predicted octanol–water partition coefficient (Wildman–Crippen LogP) is 2.81. The van der Waals surface area contributed by atoms with Crippen molar-refractivity contribution in [1.29, 1.82) is 0 Å². The van der Waals surface area contributed by atoms with E-state index in [0.29, 0.717) is 5.56 Å². The number of hydrazone groups is 1. The van der Waals surface area contributed by atoms with E-state index in [1.165, 1.54) is 6.34 Å². The van der Waals surface area contributed by atoms with E-state index >= 15 is 0 Å². The molecule has 0 radical (unpaired) electrons. The third-order valence-corrected chi connectivity index (χ3v) is 4.11. The van der Waals surface area contributed by atoms with Crippen LogP contribution >= 0.6 is 0 Å². The highest BCUT2D eigenvalue weighted by Gasteiger charge is 2.16. The van der Waals surface area contributed by atoms with E-state index in [1.807, 2.05) is 59.2 Å². The number of carbonyl (C=O) groups is 1. The number of nitrogens with zero attached hydrogens (tertiary/aromatic N) is 3. The van der Waals surface area contributed by atoms with E-state index in [-0.39, 0.29) is 5.91 Å². The molecule has 0 fully saturated rings. The molecule has 1 amide bonds. The second kappa shape index (κ2) is 6.09. The van der Waals surface area contributed by atoms with Gasteiger partial charge in [0.15, 0.2) is 0 Å². The third-order valence-electron chi connectivity index (χ3n) is 4.11. The van der Waals surface area contributed by atoms with Gasteiger partial charge in [0.2, 0.25) is 0 Å². The molecule has 122 valence electrons. The first-order valence-electron chi connectivity index (χ1n) is 7.76. The molecule has 3 N–H and O–H groups in total. The SMILES string of the molecule is N/N=C/NC(=O)c1cn(-c2nccc3ccccc23)c2ccccc12. The highest BCUT2D eigenvalue weighted by molar-refractivity contribution is 6.10. The quantitative estimate of drug-likeness (QED) is 0.262. The van der Waals surface area contributed by atoms with Crippen LogP contribution in [0, 0.1) is 0 Å². The van der Waals surface area contributed by atoms with Gasteiger partial charge in [-0.3, -0.25) is 9.36 Å². The number of benzene rings is 2. The topological polar surface area (TPSA) is 85.3 Å². The zero-order valence-corrected chi connectivity index (χ0v) is 13.3. The summed E-state index contributed by atoms with van der Waals surface area (Å²) in [4.78, 5) is 17.0. The Morgan fingerprint density at radius 3 is 2.68 bits per heavy atom. The Morgan fingerprint density at radius 1 is 1.08 bits per heavy atom. The normalized spacial score (nSPS) is 11.4. The van der Waals surface area contributed by atoms with E-state index in [1.54, 1.807) is 12.4 Å². The molecule has 2 aromatic heterocycles. The second-order valence-corrected chi connectivity index (χ2v) is 5.54. The van der Waals surface area contributed by atoms with Crippen molar-refractivity contribution in [3.63, 3.8) is 0 Å². The van der Waals surface area contributed by atoms with E-state index in [4.69, 9.17) is 5.84 Å². The number of para-hydroxylation sites is 1. The molecule has 2 aromatic carbocycles. The first kappa shape index (κ1) is 14.9. The summed E-state index contributed by atoms with van der Waals surface area (Å²) in [5, 5.41) is 8.80. The fourth-order valence-corrected chi connectivity index (χ4v) is 3.01. The molecular formula is C19H15N5O. The maximum Gasteiger partial charge on any atom is 0.258 e. The Balaban J connectivity index is 1.98. The molecule has 0 aliphatic heterocycles. The number of nitrogens with one attached hydrogen (secondary N) is 1. The molecule has 0 saturated heterocycles. The van der Waals surface area contributed by atoms with Crippen LogP contribution in [0.15, 0.2) is 72.1 Å². The summed E-state index contributed by atoms with van der Waals surface area (Å²) in [7, 11) is 0. The van der Waals surface area contributed by atoms with Crippen LogP contribution in [-0.2, 0) is 0 Å². The molecule has 6 nitrogen and oxygen atoms in total. The summed E-state index contributed by atoms with van der Waals surface area (Å²) in [6, 6.07) is 17.7. The van der Waals surface area contributed by atoms with Crippen molar-refractivity contribution in [3.8, 4) is 5.82 Å². The molecule has 2 heterocycles. The van der Waals surface area contributed by atoms with E-state index in [2.05, 4.69) is 15.4 Å². The first-order valence-corrected chi connectivity index (χ1v) is 7.76. The monoisotopic (exact) mass is 329 g/mol. The summed E-state index contributed by atoms with van der Waals surface area (Å²) >= 11 is 0. The van der Waals surface area contributed by atoms with E-state index in [9.17, 15) is 4.79 Å². The minimum Gasteiger partial charge on any atom is -0.322 e. The molecule has 0 bridgehead atoms. The number of nitrogens with two attached hydrogens (primary N) is 1. The van der Waals surface area contributed by atoms with Crippen LogP contribution in [0.5, 0.6) is 0 Å². The molecule has 0 aliphatic carbocycles. The van der Waals surface area contributed by atoms with E-state index < -0.39 is 0 Å². The molecule has 6 heteroatoms. The van der Waals surface area contributed by atoms with Crippen LogP contribution in [0.25, 0.3) is 27.5 Å². The smallest absolute Gasteiger partial charge is 0.258 e. The molecule has 0 unspecified atom stereocenters. The fraction of sp³-hybridized carbons (Fsp3) is 0. The van der Waals surface area contributed by atoms with Gasteiger partial charge in [0.05, 0.1) is 11.1 Å². The predicted molar refractivity (Wildman–Crippen MR) is 98.7 cm³/mol. The standard InChI is InChI=1S/C19H15N5O/c20-23-12-22-19(25)16-11-24(17-8-4-3-7-15(16)17)18-14-6-2-1-5-13(14)9-10-21-18/h1-12H,20H2,(H,22,23,25). The Labute approximate surface area is 143 Å².